The van der Waals surface area contributed by atoms with Gasteiger partial charge < -0.3 is 15.0 Å². The van der Waals surface area contributed by atoms with Crippen LogP contribution in [0.25, 0.3) is 0 Å². The summed E-state index contributed by atoms with van der Waals surface area (Å²) >= 11 is 0. The molecule has 0 aliphatic carbocycles. The lowest BCUT2D eigenvalue weighted by molar-refractivity contribution is 0.107. The summed E-state index contributed by atoms with van der Waals surface area (Å²) in [6.07, 6.45) is 0. The molecule has 0 rings (SSSR count). The fourth-order valence-electron chi connectivity index (χ4n) is 1.68. The lowest BCUT2D eigenvalue weighted by Crippen LogP contribution is -2.42. The summed E-state index contributed by atoms with van der Waals surface area (Å²) in [4.78, 5) is 2.44. The van der Waals surface area contributed by atoms with Crippen LogP contribution in [0.3, 0.4) is 0 Å². The zero-order valence-electron chi connectivity index (χ0n) is 11.8. The van der Waals surface area contributed by atoms with Crippen molar-refractivity contribution < 1.29 is 4.74 Å². The van der Waals surface area contributed by atoms with Gasteiger partial charge in [0.1, 0.15) is 0 Å². The minimum atomic E-state index is 0.482. The molecule has 0 spiro atoms. The van der Waals surface area contributed by atoms with E-state index in [4.69, 9.17) is 4.74 Å². The lowest BCUT2D eigenvalue weighted by atomic mass is 10.1. The maximum Gasteiger partial charge on any atom is 0.0621 e. The van der Waals surface area contributed by atoms with Gasteiger partial charge in [-0.25, -0.2) is 0 Å². The number of nitrogens with zero attached hydrogens (tertiary/aromatic N) is 1. The highest BCUT2D eigenvalue weighted by molar-refractivity contribution is 4.70. The molecule has 0 saturated carbocycles. The Bertz CT molecular complexity index is 147. The first-order valence-electron chi connectivity index (χ1n) is 6.69. The zero-order chi connectivity index (χ0) is 12.4. The molecule has 0 aromatic carbocycles. The Labute approximate surface area is 102 Å². The largest absolute Gasteiger partial charge is 0.380 e. The summed E-state index contributed by atoms with van der Waals surface area (Å²) in [6.45, 7) is 17.0. The summed E-state index contributed by atoms with van der Waals surface area (Å²) in [6, 6.07) is 0.482. The zero-order valence-corrected chi connectivity index (χ0v) is 11.8. The second-order valence-electron chi connectivity index (χ2n) is 4.49. The highest BCUT2D eigenvalue weighted by Gasteiger charge is 2.12. The molecule has 3 heteroatoms. The predicted molar refractivity (Wildman–Crippen MR) is 70.9 cm³/mol. The monoisotopic (exact) mass is 230 g/mol. The molecule has 1 unspecified atom stereocenters. The first-order valence-corrected chi connectivity index (χ1v) is 6.69. The van der Waals surface area contributed by atoms with Gasteiger partial charge >= 0.3 is 0 Å². The molecule has 0 heterocycles. The Morgan fingerprint density at radius 1 is 1.12 bits per heavy atom. The van der Waals surface area contributed by atoms with Gasteiger partial charge in [-0.3, -0.25) is 0 Å². The number of likely N-dealkylation sites (N-methyl/N-ethyl adjacent to an activating group) is 1. The van der Waals surface area contributed by atoms with Crippen LogP contribution in [0, 0.1) is 5.92 Å². The average molecular weight is 230 g/mol. The van der Waals surface area contributed by atoms with Crippen LogP contribution in [-0.4, -0.2) is 50.3 Å². The van der Waals surface area contributed by atoms with Crippen molar-refractivity contribution in [2.75, 3.05) is 39.4 Å². The third kappa shape index (κ3) is 7.20. The van der Waals surface area contributed by atoms with Gasteiger partial charge in [-0.15, -0.1) is 0 Å². The molecular formula is C13H30N2O. The van der Waals surface area contributed by atoms with Crippen LogP contribution in [0.15, 0.2) is 0 Å². The van der Waals surface area contributed by atoms with Gasteiger partial charge in [-0.2, -0.15) is 0 Å². The molecule has 16 heavy (non-hydrogen) atoms. The summed E-state index contributed by atoms with van der Waals surface area (Å²) in [5.74, 6) is 0.628. The van der Waals surface area contributed by atoms with Crippen molar-refractivity contribution in [3.63, 3.8) is 0 Å². The van der Waals surface area contributed by atoms with Crippen LogP contribution >= 0.6 is 0 Å². The smallest absolute Gasteiger partial charge is 0.0621 e. The van der Waals surface area contributed by atoms with E-state index in [0.29, 0.717) is 12.0 Å². The van der Waals surface area contributed by atoms with Crippen LogP contribution < -0.4 is 5.32 Å². The maximum absolute atomic E-state index is 5.49. The molecule has 0 radical (unpaired) electrons. The molecule has 0 fully saturated rings. The van der Waals surface area contributed by atoms with Crippen molar-refractivity contribution >= 4 is 0 Å². The number of rotatable bonds is 10. The van der Waals surface area contributed by atoms with Crippen molar-refractivity contribution in [2.24, 2.45) is 5.92 Å². The average Bonchev–Trinajstić information content (AvgIpc) is 2.28. The fourth-order valence-corrected chi connectivity index (χ4v) is 1.68. The van der Waals surface area contributed by atoms with Crippen molar-refractivity contribution in [3.8, 4) is 0 Å². The Hall–Kier alpha value is -0.120. The van der Waals surface area contributed by atoms with E-state index in [-0.39, 0.29) is 0 Å². The molecule has 0 saturated heterocycles. The van der Waals surface area contributed by atoms with E-state index in [1.165, 1.54) is 0 Å². The molecule has 98 valence electrons. The van der Waals surface area contributed by atoms with Crippen LogP contribution in [0.2, 0.25) is 0 Å². The van der Waals surface area contributed by atoms with Gasteiger partial charge in [0.05, 0.1) is 6.61 Å². The molecular weight excluding hydrogens is 200 g/mol. The van der Waals surface area contributed by atoms with Gasteiger partial charge in [0.2, 0.25) is 0 Å². The van der Waals surface area contributed by atoms with Crippen molar-refractivity contribution in [1.29, 1.82) is 0 Å². The van der Waals surface area contributed by atoms with Crippen LogP contribution in [0.4, 0.5) is 0 Å². The van der Waals surface area contributed by atoms with Gasteiger partial charge in [0.15, 0.2) is 0 Å². The van der Waals surface area contributed by atoms with E-state index in [1.54, 1.807) is 0 Å². The van der Waals surface area contributed by atoms with E-state index in [1.807, 2.05) is 6.92 Å². The SMILES string of the molecule is CCOCC(NCCN(CC)CC)C(C)C. The lowest BCUT2D eigenvalue weighted by Gasteiger charge is -2.24. The second-order valence-corrected chi connectivity index (χ2v) is 4.49. The molecule has 1 atom stereocenters. The highest BCUT2D eigenvalue weighted by Crippen LogP contribution is 2.02. The number of ether oxygens (including phenoxy) is 1. The molecule has 0 aromatic heterocycles. The van der Waals surface area contributed by atoms with E-state index < -0.39 is 0 Å². The topological polar surface area (TPSA) is 24.5 Å². The predicted octanol–water partition coefficient (Wildman–Crippen LogP) is 1.98. The van der Waals surface area contributed by atoms with Crippen molar-refractivity contribution in [3.05, 3.63) is 0 Å². The fraction of sp³-hybridized carbons (Fsp3) is 1.00. The number of nitrogens with one attached hydrogen (secondary N) is 1. The van der Waals surface area contributed by atoms with Gasteiger partial charge in [0.25, 0.3) is 0 Å². The molecule has 0 bridgehead atoms. The van der Waals surface area contributed by atoms with Crippen LogP contribution in [0.1, 0.15) is 34.6 Å². The molecule has 0 aliphatic heterocycles. The third-order valence-corrected chi connectivity index (χ3v) is 3.04. The summed E-state index contributed by atoms with van der Waals surface area (Å²) < 4.78 is 5.49. The van der Waals surface area contributed by atoms with Gasteiger partial charge in [-0.1, -0.05) is 27.7 Å². The Balaban J connectivity index is 3.74. The molecule has 0 amide bonds. The van der Waals surface area contributed by atoms with Crippen LogP contribution in [0.5, 0.6) is 0 Å². The van der Waals surface area contributed by atoms with Gasteiger partial charge in [0, 0.05) is 25.7 Å². The van der Waals surface area contributed by atoms with Crippen LogP contribution in [-0.2, 0) is 4.74 Å². The first-order chi connectivity index (χ1) is 7.65. The van der Waals surface area contributed by atoms with E-state index in [0.717, 1.165) is 39.4 Å². The van der Waals surface area contributed by atoms with E-state index in [2.05, 4.69) is 37.9 Å². The summed E-state index contributed by atoms with van der Waals surface area (Å²) in [7, 11) is 0. The van der Waals surface area contributed by atoms with Gasteiger partial charge in [-0.05, 0) is 25.9 Å². The minimum absolute atomic E-state index is 0.482. The number of hydrogen-bond acceptors (Lipinski definition) is 3. The quantitative estimate of drug-likeness (QED) is 0.621. The van der Waals surface area contributed by atoms with E-state index >= 15 is 0 Å². The Kier molecular flexibility index (Phi) is 9.99. The van der Waals surface area contributed by atoms with Crippen molar-refractivity contribution in [1.82, 2.24) is 10.2 Å². The molecule has 0 aromatic rings. The minimum Gasteiger partial charge on any atom is -0.380 e. The summed E-state index contributed by atoms with van der Waals surface area (Å²) in [5.41, 5.74) is 0. The Morgan fingerprint density at radius 2 is 1.75 bits per heavy atom. The third-order valence-electron chi connectivity index (χ3n) is 3.04. The maximum atomic E-state index is 5.49. The highest BCUT2D eigenvalue weighted by atomic mass is 16.5. The molecule has 0 aliphatic rings. The first kappa shape index (κ1) is 15.9. The van der Waals surface area contributed by atoms with E-state index in [9.17, 15) is 0 Å². The second kappa shape index (κ2) is 10.1. The standard InChI is InChI=1S/C13H30N2O/c1-6-15(7-2)10-9-14-13(12(4)5)11-16-8-3/h12-14H,6-11H2,1-5H3. The number of hydrogen-bond donors (Lipinski definition) is 1. The normalized spacial score (nSPS) is 13.7. The van der Waals surface area contributed by atoms with Crippen molar-refractivity contribution in [2.45, 2.75) is 40.7 Å². The molecule has 1 N–H and O–H groups in total. The molecule has 3 nitrogen and oxygen atoms in total. The summed E-state index contributed by atoms with van der Waals surface area (Å²) in [5, 5.41) is 3.59. The Morgan fingerprint density at radius 3 is 2.19 bits per heavy atom.